The maximum atomic E-state index is 12.3. The molecular formula is C21H21ClN2O2. The maximum absolute atomic E-state index is 12.3. The van der Waals surface area contributed by atoms with Crippen LogP contribution in [0.2, 0.25) is 5.15 Å². The van der Waals surface area contributed by atoms with Crippen LogP contribution in [0, 0.1) is 0 Å². The minimum absolute atomic E-state index is 0.0596. The lowest BCUT2D eigenvalue weighted by Crippen LogP contribution is -2.10. The molecule has 0 fully saturated rings. The van der Waals surface area contributed by atoms with Crippen LogP contribution >= 0.6 is 11.6 Å². The number of rotatable bonds is 5. The van der Waals surface area contributed by atoms with Gasteiger partial charge < -0.3 is 4.52 Å². The molecule has 4 nitrogen and oxygen atoms in total. The van der Waals surface area contributed by atoms with Crippen molar-refractivity contribution in [2.45, 2.75) is 39.0 Å². The van der Waals surface area contributed by atoms with Gasteiger partial charge in [0.15, 0.2) is 5.78 Å². The van der Waals surface area contributed by atoms with E-state index in [0.29, 0.717) is 24.2 Å². The van der Waals surface area contributed by atoms with E-state index in [1.807, 2.05) is 18.2 Å². The van der Waals surface area contributed by atoms with E-state index >= 15 is 0 Å². The minimum Gasteiger partial charge on any atom is -0.361 e. The predicted octanol–water partition coefficient (Wildman–Crippen LogP) is 5.50. The van der Waals surface area contributed by atoms with Crippen LogP contribution in [0.4, 0.5) is 0 Å². The van der Waals surface area contributed by atoms with E-state index in [1.54, 1.807) is 18.3 Å². The molecule has 2 aromatic heterocycles. The first-order valence-corrected chi connectivity index (χ1v) is 8.92. The number of Topliss-reactive ketones (excluding diaryl/α,β-unsaturated/α-hetero) is 1. The summed E-state index contributed by atoms with van der Waals surface area (Å²) >= 11 is 5.96. The highest BCUT2D eigenvalue weighted by molar-refractivity contribution is 6.32. The first-order valence-electron chi connectivity index (χ1n) is 8.55. The fraction of sp³-hybridized carbons (Fsp3) is 0.286. The molecule has 2 heterocycles. The molecule has 0 aliphatic carbocycles. The summed E-state index contributed by atoms with van der Waals surface area (Å²) < 4.78 is 5.38. The van der Waals surface area contributed by atoms with E-state index in [-0.39, 0.29) is 16.4 Å². The molecule has 0 bridgehead atoms. The van der Waals surface area contributed by atoms with Gasteiger partial charge in [-0.15, -0.1) is 0 Å². The van der Waals surface area contributed by atoms with Crippen LogP contribution in [0.3, 0.4) is 0 Å². The molecule has 26 heavy (non-hydrogen) atoms. The predicted molar refractivity (Wildman–Crippen MR) is 103 cm³/mol. The lowest BCUT2D eigenvalue weighted by molar-refractivity contribution is 0.0980. The largest absolute Gasteiger partial charge is 0.361 e. The molecule has 5 heteroatoms. The average Bonchev–Trinajstić information content (AvgIpc) is 3.08. The highest BCUT2D eigenvalue weighted by atomic mass is 35.5. The SMILES string of the molecule is CC(C)(C)c1ccc(-c2cc(CCC(=O)c3cccnc3Cl)on2)cc1. The number of aromatic nitrogens is 2. The zero-order chi connectivity index (χ0) is 18.7. The molecule has 3 rings (SSSR count). The number of aryl methyl sites for hydroxylation is 1. The van der Waals surface area contributed by atoms with Gasteiger partial charge in [-0.25, -0.2) is 4.98 Å². The second-order valence-corrected chi connectivity index (χ2v) is 7.63. The second-order valence-electron chi connectivity index (χ2n) is 7.27. The zero-order valence-corrected chi connectivity index (χ0v) is 15.9. The van der Waals surface area contributed by atoms with Crippen LogP contribution in [0.1, 0.15) is 48.9 Å². The van der Waals surface area contributed by atoms with E-state index in [0.717, 1.165) is 11.3 Å². The summed E-state index contributed by atoms with van der Waals surface area (Å²) in [6.45, 7) is 6.55. The standard InChI is InChI=1S/C21H21ClN2O2/c1-21(2,3)15-8-6-14(7-9-15)18-13-16(26-24-18)10-11-19(25)17-5-4-12-23-20(17)22/h4-9,12-13H,10-11H2,1-3H3. The third-order valence-corrected chi connectivity index (χ3v) is 4.56. The molecule has 0 N–H and O–H groups in total. The van der Waals surface area contributed by atoms with Crippen molar-refractivity contribution in [3.63, 3.8) is 0 Å². The van der Waals surface area contributed by atoms with Gasteiger partial charge in [-0.1, -0.05) is 61.8 Å². The van der Waals surface area contributed by atoms with E-state index in [9.17, 15) is 4.79 Å². The molecule has 3 aromatic rings. The van der Waals surface area contributed by atoms with Crippen molar-refractivity contribution in [2.75, 3.05) is 0 Å². The number of halogens is 1. The molecule has 0 saturated heterocycles. The van der Waals surface area contributed by atoms with Crippen LogP contribution < -0.4 is 0 Å². The van der Waals surface area contributed by atoms with Gasteiger partial charge in [0.2, 0.25) is 0 Å². The van der Waals surface area contributed by atoms with Crippen molar-refractivity contribution in [3.8, 4) is 11.3 Å². The summed E-state index contributed by atoms with van der Waals surface area (Å²) in [6, 6.07) is 13.6. The Morgan fingerprint density at radius 2 is 1.88 bits per heavy atom. The number of nitrogens with zero attached hydrogens (tertiary/aromatic N) is 2. The van der Waals surface area contributed by atoms with Gasteiger partial charge in [-0.3, -0.25) is 4.79 Å². The first kappa shape index (κ1) is 18.3. The second kappa shape index (κ2) is 7.42. The van der Waals surface area contributed by atoms with E-state index in [4.69, 9.17) is 16.1 Å². The van der Waals surface area contributed by atoms with Crippen LogP contribution in [-0.4, -0.2) is 15.9 Å². The van der Waals surface area contributed by atoms with Crippen molar-refractivity contribution in [3.05, 3.63) is 70.7 Å². The summed E-state index contributed by atoms with van der Waals surface area (Å²) in [5.74, 6) is 0.615. The number of hydrogen-bond donors (Lipinski definition) is 0. The van der Waals surface area contributed by atoms with E-state index < -0.39 is 0 Å². The minimum atomic E-state index is -0.0596. The van der Waals surface area contributed by atoms with Crippen LogP contribution in [0.15, 0.2) is 53.2 Å². The Bertz CT molecular complexity index is 908. The molecule has 0 spiro atoms. The van der Waals surface area contributed by atoms with Gasteiger partial charge in [0.25, 0.3) is 0 Å². The van der Waals surface area contributed by atoms with Crippen molar-refractivity contribution < 1.29 is 9.32 Å². The van der Waals surface area contributed by atoms with Crippen LogP contribution in [0.25, 0.3) is 11.3 Å². The molecule has 134 valence electrons. The summed E-state index contributed by atoms with van der Waals surface area (Å²) in [4.78, 5) is 16.2. The summed E-state index contributed by atoms with van der Waals surface area (Å²) in [5, 5.41) is 4.35. The lowest BCUT2D eigenvalue weighted by atomic mass is 9.86. The quantitative estimate of drug-likeness (QED) is 0.440. The van der Waals surface area contributed by atoms with Gasteiger partial charge in [-0.05, 0) is 23.1 Å². The molecule has 0 atom stereocenters. The van der Waals surface area contributed by atoms with Gasteiger partial charge in [0, 0.05) is 30.7 Å². The fourth-order valence-corrected chi connectivity index (χ4v) is 2.90. The Balaban J connectivity index is 1.67. The Hall–Kier alpha value is -2.46. The summed E-state index contributed by atoms with van der Waals surface area (Å²) in [5.41, 5.74) is 3.58. The number of benzene rings is 1. The lowest BCUT2D eigenvalue weighted by Gasteiger charge is -2.18. The monoisotopic (exact) mass is 368 g/mol. The van der Waals surface area contributed by atoms with Gasteiger partial charge in [0.1, 0.15) is 16.6 Å². The molecule has 0 amide bonds. The Labute approximate surface area is 158 Å². The van der Waals surface area contributed by atoms with E-state index in [2.05, 4.69) is 43.0 Å². The summed E-state index contributed by atoms with van der Waals surface area (Å²) in [7, 11) is 0. The topological polar surface area (TPSA) is 56.0 Å². The Morgan fingerprint density at radius 3 is 2.54 bits per heavy atom. The molecule has 0 saturated carbocycles. The van der Waals surface area contributed by atoms with Crippen molar-refractivity contribution in [1.29, 1.82) is 0 Å². The normalized spacial score (nSPS) is 11.5. The molecule has 0 aliphatic heterocycles. The van der Waals surface area contributed by atoms with Gasteiger partial charge in [0.05, 0.1) is 5.56 Å². The maximum Gasteiger partial charge on any atom is 0.166 e. The van der Waals surface area contributed by atoms with Gasteiger partial charge >= 0.3 is 0 Å². The first-order chi connectivity index (χ1) is 12.3. The Kier molecular flexibility index (Phi) is 5.23. The molecule has 0 aliphatic rings. The summed E-state index contributed by atoms with van der Waals surface area (Å²) in [6.07, 6.45) is 2.33. The fourth-order valence-electron chi connectivity index (χ4n) is 2.67. The molecule has 0 radical (unpaired) electrons. The zero-order valence-electron chi connectivity index (χ0n) is 15.1. The smallest absolute Gasteiger partial charge is 0.166 e. The third kappa shape index (κ3) is 4.20. The van der Waals surface area contributed by atoms with Crippen molar-refractivity contribution in [1.82, 2.24) is 10.1 Å². The third-order valence-electron chi connectivity index (χ3n) is 4.26. The van der Waals surface area contributed by atoms with Gasteiger partial charge in [-0.2, -0.15) is 0 Å². The van der Waals surface area contributed by atoms with E-state index in [1.165, 1.54) is 5.56 Å². The Morgan fingerprint density at radius 1 is 1.15 bits per heavy atom. The molecular weight excluding hydrogens is 348 g/mol. The molecule has 0 unspecified atom stereocenters. The number of pyridine rings is 1. The highest BCUT2D eigenvalue weighted by Gasteiger charge is 2.15. The van der Waals surface area contributed by atoms with Crippen molar-refractivity contribution >= 4 is 17.4 Å². The number of carbonyl (C=O) groups excluding carboxylic acids is 1. The highest BCUT2D eigenvalue weighted by Crippen LogP contribution is 2.26. The number of carbonyl (C=O) groups is 1. The average molecular weight is 369 g/mol. The number of hydrogen-bond acceptors (Lipinski definition) is 4. The van der Waals surface area contributed by atoms with Crippen LogP contribution in [-0.2, 0) is 11.8 Å². The van der Waals surface area contributed by atoms with Crippen molar-refractivity contribution in [2.24, 2.45) is 0 Å². The van der Waals surface area contributed by atoms with Crippen LogP contribution in [0.5, 0.6) is 0 Å². The number of ketones is 1. The molecule has 1 aromatic carbocycles.